The van der Waals surface area contributed by atoms with Gasteiger partial charge in [-0.3, -0.25) is 0 Å². The van der Waals surface area contributed by atoms with Crippen LogP contribution in [0.3, 0.4) is 0 Å². The summed E-state index contributed by atoms with van der Waals surface area (Å²) in [5.41, 5.74) is 4.62. The van der Waals surface area contributed by atoms with E-state index in [0.29, 0.717) is 0 Å². The second-order valence-electron chi connectivity index (χ2n) is 2.89. The number of alkyl halides is 3. The number of aliphatic hydroxyl groups excluding tert-OH is 1. The van der Waals surface area contributed by atoms with Gasteiger partial charge >= 0.3 is 6.18 Å². The Morgan fingerprint density at radius 3 is 2.43 bits per heavy atom. The number of hydrogen-bond donors (Lipinski definition) is 2. The lowest BCUT2D eigenvalue weighted by Gasteiger charge is -2.12. The second-order valence-corrected chi connectivity index (χ2v) is 2.89. The molecule has 0 bridgehead atoms. The van der Waals surface area contributed by atoms with Crippen molar-refractivity contribution in [1.82, 2.24) is 0 Å². The van der Waals surface area contributed by atoms with Crippen LogP contribution in [0.4, 0.5) is 18.9 Å². The van der Waals surface area contributed by atoms with Gasteiger partial charge in [0.25, 0.3) is 0 Å². The fraction of sp³-hybridized carbons (Fsp3) is 0.333. The zero-order chi connectivity index (χ0) is 10.8. The van der Waals surface area contributed by atoms with Crippen LogP contribution in [0.25, 0.3) is 0 Å². The highest BCUT2D eigenvalue weighted by Crippen LogP contribution is 2.33. The number of nitrogens with two attached hydrogens (primary N) is 1. The molecular formula is C9H10F3NO. The van der Waals surface area contributed by atoms with E-state index in [1.54, 1.807) is 0 Å². The molecule has 0 heterocycles. The molecule has 0 saturated heterocycles. The summed E-state index contributed by atoms with van der Waals surface area (Å²) in [6.45, 7) is -0.313. The first kappa shape index (κ1) is 10.8. The molecule has 0 aromatic heterocycles. The fourth-order valence-corrected chi connectivity index (χ4v) is 1.20. The molecule has 78 valence electrons. The Hall–Kier alpha value is -1.23. The maximum absolute atomic E-state index is 12.4. The first-order valence-corrected chi connectivity index (χ1v) is 4.01. The third-order valence-electron chi connectivity index (χ3n) is 1.82. The maximum atomic E-state index is 12.4. The van der Waals surface area contributed by atoms with Gasteiger partial charge in [-0.15, -0.1) is 0 Å². The fourth-order valence-electron chi connectivity index (χ4n) is 1.20. The summed E-state index contributed by atoms with van der Waals surface area (Å²) in [6.07, 6.45) is -4.44. The molecule has 0 radical (unpaired) electrons. The predicted molar refractivity (Wildman–Crippen MR) is 46.6 cm³/mol. The topological polar surface area (TPSA) is 46.2 Å². The molecule has 1 aromatic rings. The van der Waals surface area contributed by atoms with Gasteiger partial charge in [-0.05, 0) is 24.1 Å². The van der Waals surface area contributed by atoms with Crippen LogP contribution in [0.2, 0.25) is 0 Å². The van der Waals surface area contributed by atoms with E-state index in [2.05, 4.69) is 0 Å². The normalized spacial score (nSPS) is 11.7. The molecule has 1 aromatic carbocycles. The lowest BCUT2D eigenvalue weighted by Crippen LogP contribution is -2.10. The van der Waals surface area contributed by atoms with Crippen LogP contribution in [0, 0.1) is 0 Å². The van der Waals surface area contributed by atoms with E-state index in [0.717, 1.165) is 6.07 Å². The van der Waals surface area contributed by atoms with Gasteiger partial charge < -0.3 is 10.8 Å². The van der Waals surface area contributed by atoms with Gasteiger partial charge in [-0.1, -0.05) is 6.07 Å². The van der Waals surface area contributed by atoms with Crippen molar-refractivity contribution in [3.8, 4) is 0 Å². The quantitative estimate of drug-likeness (QED) is 0.723. The first-order chi connectivity index (χ1) is 6.45. The van der Waals surface area contributed by atoms with Crippen molar-refractivity contribution >= 4 is 5.69 Å². The van der Waals surface area contributed by atoms with Crippen molar-refractivity contribution in [2.24, 2.45) is 0 Å². The van der Waals surface area contributed by atoms with E-state index in [1.807, 2.05) is 0 Å². The number of nitrogen functional groups attached to an aromatic ring is 1. The summed E-state index contributed by atoms with van der Waals surface area (Å²) in [5, 5.41) is 8.58. The average Bonchev–Trinajstić information content (AvgIpc) is 2.07. The van der Waals surface area contributed by atoms with Crippen molar-refractivity contribution in [2.75, 3.05) is 12.3 Å². The number of rotatable bonds is 2. The molecule has 3 N–H and O–H groups in total. The summed E-state index contributed by atoms with van der Waals surface area (Å²) in [7, 11) is 0. The SMILES string of the molecule is Nc1ccc(CCO)c(C(F)(F)F)c1. The Morgan fingerprint density at radius 1 is 1.29 bits per heavy atom. The molecule has 0 atom stereocenters. The van der Waals surface area contributed by atoms with Gasteiger partial charge in [-0.25, -0.2) is 0 Å². The smallest absolute Gasteiger partial charge is 0.399 e. The van der Waals surface area contributed by atoms with Gasteiger partial charge in [0.15, 0.2) is 0 Å². The molecule has 0 amide bonds. The minimum absolute atomic E-state index is 0.0187. The number of halogens is 3. The van der Waals surface area contributed by atoms with Crippen LogP contribution in [0.5, 0.6) is 0 Å². The monoisotopic (exact) mass is 205 g/mol. The average molecular weight is 205 g/mol. The van der Waals surface area contributed by atoms with Gasteiger partial charge in [0.1, 0.15) is 0 Å². The summed E-state index contributed by atoms with van der Waals surface area (Å²) >= 11 is 0. The van der Waals surface area contributed by atoms with Crippen LogP contribution in [0.15, 0.2) is 18.2 Å². The minimum atomic E-state index is -4.42. The van der Waals surface area contributed by atoms with E-state index >= 15 is 0 Å². The van der Waals surface area contributed by atoms with Gasteiger partial charge in [0.05, 0.1) is 5.56 Å². The van der Waals surface area contributed by atoms with Crippen molar-refractivity contribution in [1.29, 1.82) is 0 Å². The van der Waals surface area contributed by atoms with Crippen LogP contribution in [0.1, 0.15) is 11.1 Å². The Balaban J connectivity index is 3.16. The highest BCUT2D eigenvalue weighted by Gasteiger charge is 2.33. The third-order valence-corrected chi connectivity index (χ3v) is 1.82. The maximum Gasteiger partial charge on any atom is 0.416 e. The van der Waals surface area contributed by atoms with Crippen LogP contribution >= 0.6 is 0 Å². The van der Waals surface area contributed by atoms with E-state index in [1.165, 1.54) is 12.1 Å². The molecule has 1 rings (SSSR count). The van der Waals surface area contributed by atoms with Crippen LogP contribution in [-0.4, -0.2) is 11.7 Å². The first-order valence-electron chi connectivity index (χ1n) is 4.01. The minimum Gasteiger partial charge on any atom is -0.399 e. The molecule has 0 spiro atoms. The van der Waals surface area contributed by atoms with Crippen molar-refractivity contribution < 1.29 is 18.3 Å². The van der Waals surface area contributed by atoms with Crippen LogP contribution < -0.4 is 5.73 Å². The molecule has 0 aliphatic rings. The zero-order valence-corrected chi connectivity index (χ0v) is 7.30. The number of anilines is 1. The Kier molecular flexibility index (Phi) is 3.00. The number of aliphatic hydroxyl groups is 1. The summed E-state index contributed by atoms with van der Waals surface area (Å²) in [4.78, 5) is 0. The Morgan fingerprint density at radius 2 is 1.93 bits per heavy atom. The lowest BCUT2D eigenvalue weighted by molar-refractivity contribution is -0.138. The van der Waals surface area contributed by atoms with E-state index in [4.69, 9.17) is 10.8 Å². The number of benzene rings is 1. The lowest BCUT2D eigenvalue weighted by atomic mass is 10.0. The molecule has 0 aliphatic heterocycles. The molecule has 2 nitrogen and oxygen atoms in total. The van der Waals surface area contributed by atoms with Crippen molar-refractivity contribution in [2.45, 2.75) is 12.6 Å². The standard InChI is InChI=1S/C9H10F3NO/c10-9(11,12)8-5-7(13)2-1-6(8)3-4-14/h1-2,5,14H,3-4,13H2. The van der Waals surface area contributed by atoms with Crippen molar-refractivity contribution in [3.05, 3.63) is 29.3 Å². The number of hydrogen-bond acceptors (Lipinski definition) is 2. The van der Waals surface area contributed by atoms with Crippen molar-refractivity contribution in [3.63, 3.8) is 0 Å². The van der Waals surface area contributed by atoms with Gasteiger partial charge in [-0.2, -0.15) is 13.2 Å². The molecule has 0 saturated carbocycles. The molecule has 5 heteroatoms. The highest BCUT2D eigenvalue weighted by molar-refractivity contribution is 5.46. The summed E-state index contributed by atoms with van der Waals surface area (Å²) in [6, 6.07) is 3.56. The highest BCUT2D eigenvalue weighted by atomic mass is 19.4. The molecule has 0 aliphatic carbocycles. The Labute approximate surface area is 79.2 Å². The van der Waals surface area contributed by atoms with Crippen LogP contribution in [-0.2, 0) is 12.6 Å². The zero-order valence-electron chi connectivity index (χ0n) is 7.30. The Bertz CT molecular complexity index is 322. The molecular weight excluding hydrogens is 195 g/mol. The molecule has 0 unspecified atom stereocenters. The summed E-state index contributed by atoms with van der Waals surface area (Å²) < 4.78 is 37.2. The van der Waals surface area contributed by atoms with E-state index < -0.39 is 11.7 Å². The summed E-state index contributed by atoms with van der Waals surface area (Å²) in [5.74, 6) is 0. The second kappa shape index (κ2) is 3.88. The molecule has 14 heavy (non-hydrogen) atoms. The molecule has 0 fully saturated rings. The third kappa shape index (κ3) is 2.38. The van der Waals surface area contributed by atoms with Gasteiger partial charge in [0, 0.05) is 12.3 Å². The van der Waals surface area contributed by atoms with Gasteiger partial charge in [0.2, 0.25) is 0 Å². The van der Waals surface area contributed by atoms with E-state index in [-0.39, 0.29) is 24.3 Å². The van der Waals surface area contributed by atoms with E-state index in [9.17, 15) is 13.2 Å². The largest absolute Gasteiger partial charge is 0.416 e. The predicted octanol–water partition coefficient (Wildman–Crippen LogP) is 1.82.